The zero-order valence-electron chi connectivity index (χ0n) is 18.0. The maximum absolute atomic E-state index is 12.1. The number of likely N-dealkylation sites (tertiary alicyclic amines) is 1. The van der Waals surface area contributed by atoms with Crippen molar-refractivity contribution in [3.05, 3.63) is 18.2 Å². The molecule has 6 nitrogen and oxygen atoms in total. The monoisotopic (exact) mass is 424 g/mol. The fraction of sp³-hybridized carbons (Fsp3) is 0.727. The smallest absolute Gasteiger partial charge is 0.178 e. The predicted molar refractivity (Wildman–Crippen MR) is 116 cm³/mol. The predicted octanol–water partition coefficient (Wildman–Crippen LogP) is 3.80. The zero-order valence-corrected chi connectivity index (χ0v) is 18.8. The fourth-order valence-corrected chi connectivity index (χ4v) is 5.61. The van der Waals surface area contributed by atoms with E-state index in [4.69, 9.17) is 4.74 Å². The molecule has 3 rings (SSSR count). The van der Waals surface area contributed by atoms with E-state index >= 15 is 0 Å². The Kier molecular flexibility index (Phi) is 7.12. The molecule has 1 saturated heterocycles. The summed E-state index contributed by atoms with van der Waals surface area (Å²) in [6.45, 7) is 8.91. The molecule has 0 bridgehead atoms. The Balaban J connectivity index is 1.57. The van der Waals surface area contributed by atoms with Crippen molar-refractivity contribution in [1.82, 2.24) is 4.90 Å². The van der Waals surface area contributed by atoms with E-state index in [0.29, 0.717) is 11.8 Å². The number of nitrogens with zero attached hydrogens (tertiary/aromatic N) is 1. The highest BCUT2D eigenvalue weighted by atomic mass is 32.2. The first-order valence-corrected chi connectivity index (χ1v) is 12.6. The van der Waals surface area contributed by atoms with E-state index in [0.717, 1.165) is 45.4 Å². The van der Waals surface area contributed by atoms with Crippen LogP contribution in [0.5, 0.6) is 5.75 Å². The summed E-state index contributed by atoms with van der Waals surface area (Å²) < 4.78 is 30.1. The number of anilines is 1. The molecule has 1 aliphatic heterocycles. The molecule has 0 aromatic heterocycles. The van der Waals surface area contributed by atoms with Crippen LogP contribution in [0.2, 0.25) is 0 Å². The van der Waals surface area contributed by atoms with Crippen LogP contribution in [-0.4, -0.2) is 61.6 Å². The SMILES string of the molecule is CCOC1CCC(C)(N2CCC(Nc3cc(S(=O)(=O)CC)ccc3O)CC2)CC1. The van der Waals surface area contributed by atoms with Gasteiger partial charge >= 0.3 is 0 Å². The molecule has 29 heavy (non-hydrogen) atoms. The third-order valence-corrected chi connectivity index (χ3v) is 8.47. The highest BCUT2D eigenvalue weighted by molar-refractivity contribution is 7.91. The molecule has 2 N–H and O–H groups in total. The highest BCUT2D eigenvalue weighted by Crippen LogP contribution is 2.37. The largest absolute Gasteiger partial charge is 0.506 e. The van der Waals surface area contributed by atoms with E-state index in [1.54, 1.807) is 13.0 Å². The number of rotatable bonds is 7. The number of phenolic OH excluding ortho intramolecular Hbond substituents is 1. The molecule has 0 unspecified atom stereocenters. The first-order valence-electron chi connectivity index (χ1n) is 11.0. The second kappa shape index (κ2) is 9.23. The Morgan fingerprint density at radius 2 is 1.83 bits per heavy atom. The number of benzene rings is 1. The van der Waals surface area contributed by atoms with Crippen molar-refractivity contribution < 1.29 is 18.3 Å². The zero-order chi connectivity index (χ0) is 21.1. The maximum atomic E-state index is 12.1. The molecular formula is C22H36N2O4S. The summed E-state index contributed by atoms with van der Waals surface area (Å²) in [5.74, 6) is 0.155. The van der Waals surface area contributed by atoms with Gasteiger partial charge in [0.2, 0.25) is 0 Å². The van der Waals surface area contributed by atoms with Crippen LogP contribution in [0.4, 0.5) is 5.69 Å². The van der Waals surface area contributed by atoms with Gasteiger partial charge in [-0.15, -0.1) is 0 Å². The van der Waals surface area contributed by atoms with Crippen molar-refractivity contribution in [3.63, 3.8) is 0 Å². The molecule has 7 heteroatoms. The van der Waals surface area contributed by atoms with Gasteiger partial charge in [-0.3, -0.25) is 4.90 Å². The Bertz CT molecular complexity index is 780. The van der Waals surface area contributed by atoms with Gasteiger partial charge in [0.15, 0.2) is 9.84 Å². The molecule has 0 atom stereocenters. The lowest BCUT2D eigenvalue weighted by atomic mass is 9.79. The minimum atomic E-state index is -3.29. The van der Waals surface area contributed by atoms with Crippen molar-refractivity contribution in [3.8, 4) is 5.75 Å². The normalized spacial score (nSPS) is 27.1. The number of phenols is 1. The molecule has 1 aromatic carbocycles. The van der Waals surface area contributed by atoms with Crippen molar-refractivity contribution in [2.24, 2.45) is 0 Å². The summed E-state index contributed by atoms with van der Waals surface area (Å²) in [7, 11) is -3.29. The van der Waals surface area contributed by atoms with E-state index in [1.165, 1.54) is 25.0 Å². The molecule has 2 fully saturated rings. The van der Waals surface area contributed by atoms with Gasteiger partial charge in [-0.1, -0.05) is 6.92 Å². The van der Waals surface area contributed by atoms with Crippen LogP contribution in [0.25, 0.3) is 0 Å². The minimum absolute atomic E-state index is 0.0539. The van der Waals surface area contributed by atoms with Crippen LogP contribution < -0.4 is 5.32 Å². The van der Waals surface area contributed by atoms with E-state index in [-0.39, 0.29) is 28.0 Å². The van der Waals surface area contributed by atoms with Gasteiger partial charge in [0.05, 0.1) is 22.4 Å². The summed E-state index contributed by atoms with van der Waals surface area (Å²) >= 11 is 0. The number of hydrogen-bond donors (Lipinski definition) is 2. The molecule has 0 spiro atoms. The Labute approximate surface area is 175 Å². The van der Waals surface area contributed by atoms with E-state index < -0.39 is 9.84 Å². The molecule has 0 amide bonds. The molecule has 1 saturated carbocycles. The summed E-state index contributed by atoms with van der Waals surface area (Å²) in [6.07, 6.45) is 7.00. The van der Waals surface area contributed by atoms with Crippen molar-refractivity contribution >= 4 is 15.5 Å². The number of piperidine rings is 1. The van der Waals surface area contributed by atoms with E-state index in [9.17, 15) is 13.5 Å². The molecule has 1 heterocycles. The third kappa shape index (κ3) is 5.25. The van der Waals surface area contributed by atoms with Gasteiger partial charge < -0.3 is 15.2 Å². The first kappa shape index (κ1) is 22.4. The lowest BCUT2D eigenvalue weighted by molar-refractivity contribution is -0.0242. The van der Waals surface area contributed by atoms with Gasteiger partial charge in [-0.25, -0.2) is 8.42 Å². The number of sulfone groups is 1. The lowest BCUT2D eigenvalue weighted by Gasteiger charge is -2.48. The van der Waals surface area contributed by atoms with Gasteiger partial charge in [-0.2, -0.15) is 0 Å². The van der Waals surface area contributed by atoms with Gasteiger partial charge in [0, 0.05) is 31.3 Å². The van der Waals surface area contributed by atoms with Crippen LogP contribution in [-0.2, 0) is 14.6 Å². The fourth-order valence-electron chi connectivity index (χ4n) is 4.71. The highest BCUT2D eigenvalue weighted by Gasteiger charge is 2.38. The van der Waals surface area contributed by atoms with Crippen LogP contribution in [0, 0.1) is 0 Å². The number of nitrogens with one attached hydrogen (secondary N) is 1. The molecule has 2 aliphatic rings. The quantitative estimate of drug-likeness (QED) is 0.648. The Hall–Kier alpha value is -1.31. The van der Waals surface area contributed by atoms with Crippen LogP contribution in [0.15, 0.2) is 23.1 Å². The van der Waals surface area contributed by atoms with Gasteiger partial charge in [0.1, 0.15) is 5.75 Å². The van der Waals surface area contributed by atoms with Gasteiger partial charge in [0.25, 0.3) is 0 Å². The second-order valence-corrected chi connectivity index (χ2v) is 10.9. The number of hydrogen-bond acceptors (Lipinski definition) is 6. The summed E-state index contributed by atoms with van der Waals surface area (Å²) in [4.78, 5) is 2.88. The topological polar surface area (TPSA) is 78.9 Å². The van der Waals surface area contributed by atoms with Gasteiger partial charge in [-0.05, 0) is 70.6 Å². The third-order valence-electron chi connectivity index (χ3n) is 6.74. The first-order chi connectivity index (χ1) is 13.8. The van der Waals surface area contributed by atoms with Crippen molar-refractivity contribution in [1.29, 1.82) is 0 Å². The standard InChI is InChI=1S/C22H36N2O4S/c1-4-28-18-8-12-22(3,13-9-18)24-14-10-17(11-15-24)23-20-16-19(6-7-21(20)25)29(26,27)5-2/h6-7,16-18,23,25H,4-5,8-15H2,1-3H3. The molecule has 0 radical (unpaired) electrons. The van der Waals surface area contributed by atoms with E-state index in [2.05, 4.69) is 24.1 Å². The van der Waals surface area contributed by atoms with Crippen LogP contribution >= 0.6 is 0 Å². The minimum Gasteiger partial charge on any atom is -0.506 e. The molecule has 1 aromatic rings. The Morgan fingerprint density at radius 1 is 1.17 bits per heavy atom. The lowest BCUT2D eigenvalue weighted by Crippen LogP contribution is -2.53. The van der Waals surface area contributed by atoms with Crippen LogP contribution in [0.1, 0.15) is 59.3 Å². The Morgan fingerprint density at radius 3 is 2.41 bits per heavy atom. The average Bonchev–Trinajstić information content (AvgIpc) is 2.72. The van der Waals surface area contributed by atoms with Crippen molar-refractivity contribution in [2.75, 3.05) is 30.8 Å². The molecule has 1 aliphatic carbocycles. The second-order valence-electron chi connectivity index (χ2n) is 8.64. The summed E-state index contributed by atoms with van der Waals surface area (Å²) in [5, 5.41) is 13.6. The number of ether oxygens (including phenoxy) is 1. The molecular weight excluding hydrogens is 388 g/mol. The summed E-state index contributed by atoms with van der Waals surface area (Å²) in [5.41, 5.74) is 0.761. The number of aromatic hydroxyl groups is 1. The average molecular weight is 425 g/mol. The summed E-state index contributed by atoms with van der Waals surface area (Å²) in [6, 6.07) is 4.75. The maximum Gasteiger partial charge on any atom is 0.178 e. The van der Waals surface area contributed by atoms with Crippen LogP contribution in [0.3, 0.4) is 0 Å². The van der Waals surface area contributed by atoms with Crippen molar-refractivity contribution in [2.45, 2.75) is 81.9 Å². The van der Waals surface area contributed by atoms with E-state index in [1.807, 2.05) is 0 Å². The molecule has 164 valence electrons.